The fourth-order valence-electron chi connectivity index (χ4n) is 4.87. The largest absolute Gasteiger partial charge is 0.507 e. The number of unbranched alkanes of at least 4 members (excludes halogenated alkanes) is 1. The molecule has 1 atom stereocenters. The maximum Gasteiger partial charge on any atom is 0.350 e. The topological polar surface area (TPSA) is 134 Å². The number of amides is 1. The van der Waals surface area contributed by atoms with Crippen LogP contribution in [0.15, 0.2) is 54.6 Å². The highest BCUT2D eigenvalue weighted by Crippen LogP contribution is 2.46. The van der Waals surface area contributed by atoms with Crippen molar-refractivity contribution in [1.82, 2.24) is 4.98 Å². The summed E-state index contributed by atoms with van der Waals surface area (Å²) < 4.78 is 27.9. The van der Waals surface area contributed by atoms with Crippen LogP contribution in [0.2, 0.25) is 0 Å². The van der Waals surface area contributed by atoms with Crippen molar-refractivity contribution in [3.8, 4) is 23.0 Å². The van der Waals surface area contributed by atoms with E-state index >= 15 is 0 Å². The first-order chi connectivity index (χ1) is 21.3. The second-order valence-electron chi connectivity index (χ2n) is 9.94. The lowest BCUT2D eigenvalue weighted by Gasteiger charge is -2.24. The molecule has 1 amide bonds. The van der Waals surface area contributed by atoms with Gasteiger partial charge >= 0.3 is 11.9 Å². The molecule has 1 fully saturated rings. The zero-order valence-electron chi connectivity index (χ0n) is 24.6. The highest BCUT2D eigenvalue weighted by atomic mass is 32.1. The number of rotatable bonds is 11. The minimum Gasteiger partial charge on any atom is -0.507 e. The van der Waals surface area contributed by atoms with E-state index in [9.17, 15) is 19.5 Å². The number of thiazole rings is 1. The number of carbonyl (C=O) groups excluding carboxylic acids is 3. The normalized spacial score (nSPS) is 17.0. The molecule has 12 heteroatoms. The Labute approximate surface area is 258 Å². The summed E-state index contributed by atoms with van der Waals surface area (Å²) in [6, 6.07) is 8.70. The van der Waals surface area contributed by atoms with Crippen molar-refractivity contribution >= 4 is 39.9 Å². The number of aryl methyl sites for hydroxylation is 1. The molecule has 5 rings (SSSR count). The fourth-order valence-corrected chi connectivity index (χ4v) is 5.85. The van der Waals surface area contributed by atoms with Crippen LogP contribution in [0.3, 0.4) is 0 Å². The Morgan fingerprint density at radius 2 is 1.93 bits per heavy atom. The Hall–Kier alpha value is -4.84. The van der Waals surface area contributed by atoms with E-state index in [1.165, 1.54) is 18.1 Å². The lowest BCUT2D eigenvalue weighted by Crippen LogP contribution is -2.29. The summed E-state index contributed by atoms with van der Waals surface area (Å²) >= 11 is 0.911. The van der Waals surface area contributed by atoms with Gasteiger partial charge in [0.25, 0.3) is 5.78 Å². The summed E-state index contributed by atoms with van der Waals surface area (Å²) in [4.78, 5) is 45.9. The van der Waals surface area contributed by atoms with Gasteiger partial charge in [-0.05, 0) is 49.2 Å². The molecule has 1 aromatic heterocycles. The van der Waals surface area contributed by atoms with E-state index < -0.39 is 29.5 Å². The highest BCUT2D eigenvalue weighted by molar-refractivity contribution is 7.17. The first kappa shape index (κ1) is 30.6. The molecule has 3 heterocycles. The van der Waals surface area contributed by atoms with Gasteiger partial charge in [-0.1, -0.05) is 43.4 Å². The molecule has 0 radical (unpaired) electrons. The summed E-state index contributed by atoms with van der Waals surface area (Å²) in [5.41, 5.74) is 0.861. The number of esters is 1. The number of benzene rings is 2. The van der Waals surface area contributed by atoms with E-state index in [1.807, 2.05) is 0 Å². The molecule has 3 aromatic rings. The Balaban J connectivity index is 1.65. The number of anilines is 1. The van der Waals surface area contributed by atoms with E-state index in [4.69, 9.17) is 23.7 Å². The average Bonchev–Trinajstić information content (AvgIpc) is 3.55. The second-order valence-corrected chi connectivity index (χ2v) is 10.9. The quantitative estimate of drug-likeness (QED) is 0.0744. The van der Waals surface area contributed by atoms with E-state index in [-0.39, 0.29) is 27.8 Å². The molecule has 2 aromatic carbocycles. The third-order valence-corrected chi connectivity index (χ3v) is 8.16. The number of ether oxygens (including phenoxy) is 5. The van der Waals surface area contributed by atoms with E-state index in [0.717, 1.165) is 24.2 Å². The number of carbonyl (C=O) groups is 3. The number of hydrogen-bond donors (Lipinski definition) is 1. The minimum atomic E-state index is -1.12. The Morgan fingerprint density at radius 3 is 2.66 bits per heavy atom. The Morgan fingerprint density at radius 1 is 1.16 bits per heavy atom. The molecule has 0 spiro atoms. The van der Waals surface area contributed by atoms with Crippen LogP contribution in [0.5, 0.6) is 23.0 Å². The number of aliphatic hydroxyl groups is 1. The Kier molecular flexibility index (Phi) is 9.19. The van der Waals surface area contributed by atoms with Crippen LogP contribution in [0.1, 0.15) is 52.3 Å². The molecule has 11 nitrogen and oxygen atoms in total. The molecule has 1 saturated heterocycles. The van der Waals surface area contributed by atoms with E-state index in [0.29, 0.717) is 54.1 Å². The van der Waals surface area contributed by atoms with Crippen molar-refractivity contribution in [1.29, 1.82) is 0 Å². The molecule has 1 N–H and O–H groups in total. The molecule has 2 aliphatic heterocycles. The molecule has 0 aliphatic carbocycles. The zero-order chi connectivity index (χ0) is 31.4. The fraction of sp³-hybridized carbons (Fsp3) is 0.312. The number of aromatic nitrogens is 1. The number of Topliss-reactive ketones (excluding diaryl/α,β-unsaturated/α-hetero) is 1. The molecule has 0 bridgehead atoms. The molecule has 2 aliphatic rings. The van der Waals surface area contributed by atoms with Crippen LogP contribution in [-0.2, 0) is 14.3 Å². The third kappa shape index (κ3) is 5.85. The summed E-state index contributed by atoms with van der Waals surface area (Å²) in [5.74, 6) is -1.11. The van der Waals surface area contributed by atoms with Crippen molar-refractivity contribution in [2.45, 2.75) is 32.7 Å². The van der Waals surface area contributed by atoms with Gasteiger partial charge in [-0.15, -0.1) is 0 Å². The zero-order valence-corrected chi connectivity index (χ0v) is 25.4. The van der Waals surface area contributed by atoms with Crippen molar-refractivity contribution in [3.63, 3.8) is 0 Å². The van der Waals surface area contributed by atoms with Gasteiger partial charge in [0.2, 0.25) is 0 Å². The first-order valence-corrected chi connectivity index (χ1v) is 14.9. The number of nitrogens with zero attached hydrogens (tertiary/aromatic N) is 2. The third-order valence-electron chi connectivity index (χ3n) is 7.03. The van der Waals surface area contributed by atoms with Crippen molar-refractivity contribution in [2.24, 2.45) is 0 Å². The van der Waals surface area contributed by atoms with Gasteiger partial charge in [0, 0.05) is 5.56 Å². The number of ketones is 1. The molecule has 230 valence electrons. The number of aliphatic hydroxyl groups excluding tert-OH is 1. The maximum absolute atomic E-state index is 13.7. The summed E-state index contributed by atoms with van der Waals surface area (Å²) in [7, 11) is 1.49. The van der Waals surface area contributed by atoms with Gasteiger partial charge in [-0.3, -0.25) is 14.5 Å². The minimum absolute atomic E-state index is 0.00196. The Bertz CT molecular complexity index is 1640. The molecular formula is C32H32N2O9S. The van der Waals surface area contributed by atoms with E-state index in [1.54, 1.807) is 43.3 Å². The summed E-state index contributed by atoms with van der Waals surface area (Å²) in [5, 5.41) is 11.7. The number of methoxy groups -OCH3 is 1. The first-order valence-electron chi connectivity index (χ1n) is 14.1. The smallest absolute Gasteiger partial charge is 0.350 e. The van der Waals surface area contributed by atoms with E-state index in [2.05, 4.69) is 18.5 Å². The standard InChI is InChI=1S/C32H32N2O9S/c1-5-7-13-40-21-10-8-19(16-23(21)39-4)26-25(27(35)20-9-11-22-24(17-20)42-15-14-41-22)28(36)30(37)34(26)32-33-18(3)29(44-32)31(38)43-12-6-2/h6,8-11,16-17,26,35H,2,5,7,12-15H2,1,3-4H3. The van der Waals surface area contributed by atoms with Crippen molar-refractivity contribution in [3.05, 3.63) is 76.3 Å². The van der Waals surface area contributed by atoms with Gasteiger partial charge in [0.05, 0.1) is 31.0 Å². The maximum atomic E-state index is 13.7. The van der Waals surface area contributed by atoms with Crippen LogP contribution >= 0.6 is 11.3 Å². The number of fused-ring (bicyclic) bond motifs is 1. The molecular weight excluding hydrogens is 588 g/mol. The predicted octanol–water partition coefficient (Wildman–Crippen LogP) is 5.38. The van der Waals surface area contributed by atoms with Gasteiger partial charge in [0.1, 0.15) is 30.5 Å². The van der Waals surface area contributed by atoms with Gasteiger partial charge in [0.15, 0.2) is 28.1 Å². The average molecular weight is 621 g/mol. The summed E-state index contributed by atoms with van der Waals surface area (Å²) in [6.45, 7) is 8.41. The number of hydrogen-bond acceptors (Lipinski definition) is 11. The van der Waals surface area contributed by atoms with Gasteiger partial charge in [-0.2, -0.15) is 0 Å². The van der Waals surface area contributed by atoms with Crippen molar-refractivity contribution in [2.75, 3.05) is 38.4 Å². The lowest BCUT2D eigenvalue weighted by molar-refractivity contribution is -0.132. The molecule has 44 heavy (non-hydrogen) atoms. The van der Waals surface area contributed by atoms with Crippen LogP contribution in [0, 0.1) is 6.92 Å². The summed E-state index contributed by atoms with van der Waals surface area (Å²) in [6.07, 6.45) is 3.24. The second kappa shape index (κ2) is 13.2. The van der Waals surface area contributed by atoms with Gasteiger partial charge < -0.3 is 28.8 Å². The SMILES string of the molecule is C=CCOC(=O)c1sc(N2C(=O)C(=O)C(=C(O)c3ccc4c(c3)OCCO4)C2c2ccc(OCCCC)c(OC)c2)nc1C. The highest BCUT2D eigenvalue weighted by Gasteiger charge is 2.48. The van der Waals surface area contributed by atoms with Crippen LogP contribution < -0.4 is 23.8 Å². The molecule has 0 saturated carbocycles. The van der Waals surface area contributed by atoms with Crippen LogP contribution in [0.25, 0.3) is 5.76 Å². The van der Waals surface area contributed by atoms with Crippen LogP contribution in [-0.4, -0.2) is 61.3 Å². The van der Waals surface area contributed by atoms with Gasteiger partial charge in [-0.25, -0.2) is 9.78 Å². The van der Waals surface area contributed by atoms with Crippen molar-refractivity contribution < 1.29 is 43.2 Å². The predicted molar refractivity (Wildman–Crippen MR) is 163 cm³/mol. The lowest BCUT2D eigenvalue weighted by atomic mass is 9.95. The molecule has 1 unspecified atom stereocenters. The monoisotopic (exact) mass is 620 g/mol. The van der Waals surface area contributed by atoms with Crippen LogP contribution in [0.4, 0.5) is 5.13 Å².